The Morgan fingerprint density at radius 2 is 1.97 bits per heavy atom. The quantitative estimate of drug-likeness (QED) is 0.548. The highest BCUT2D eigenvalue weighted by Gasteiger charge is 2.35. The third-order valence-corrected chi connectivity index (χ3v) is 8.89. The molecule has 1 aromatic carbocycles. The summed E-state index contributed by atoms with van der Waals surface area (Å²) in [5.74, 6) is 0.356. The number of methoxy groups -OCH3 is 1. The van der Waals surface area contributed by atoms with E-state index in [0.29, 0.717) is 39.8 Å². The van der Waals surface area contributed by atoms with Crippen molar-refractivity contribution in [3.8, 4) is 5.75 Å². The van der Waals surface area contributed by atoms with Gasteiger partial charge in [0.1, 0.15) is 15.9 Å². The van der Waals surface area contributed by atoms with E-state index >= 15 is 4.39 Å². The van der Waals surface area contributed by atoms with Gasteiger partial charge in [-0.05, 0) is 62.5 Å². The second kappa shape index (κ2) is 8.37. The first kappa shape index (κ1) is 22.1. The van der Waals surface area contributed by atoms with E-state index in [2.05, 4.69) is 21.5 Å². The molecule has 3 heterocycles. The molecule has 2 aromatic heterocycles. The molecule has 2 saturated carbocycles. The van der Waals surface area contributed by atoms with E-state index in [1.54, 1.807) is 7.11 Å². The maximum absolute atomic E-state index is 15.7. The summed E-state index contributed by atoms with van der Waals surface area (Å²) in [7, 11) is 1.54. The van der Waals surface area contributed by atoms with Crippen LogP contribution in [0.25, 0.3) is 21.1 Å². The number of aromatic amines is 1. The number of halogens is 1. The van der Waals surface area contributed by atoms with Crippen LogP contribution < -0.4 is 25.9 Å². The van der Waals surface area contributed by atoms with Crippen molar-refractivity contribution >= 4 is 38.3 Å². The summed E-state index contributed by atoms with van der Waals surface area (Å²) in [5.41, 5.74) is 0.203. The number of hydrogen-bond donors (Lipinski definition) is 2. The van der Waals surface area contributed by atoms with Crippen molar-refractivity contribution in [1.29, 1.82) is 0 Å². The molecule has 34 heavy (non-hydrogen) atoms. The first-order valence-corrected chi connectivity index (χ1v) is 13.3. The third-order valence-electron chi connectivity index (χ3n) is 8.01. The summed E-state index contributed by atoms with van der Waals surface area (Å²) in [4.78, 5) is 28.3. The van der Waals surface area contributed by atoms with E-state index in [1.807, 2.05) is 4.57 Å². The van der Waals surface area contributed by atoms with Gasteiger partial charge in [-0.1, -0.05) is 12.8 Å². The molecule has 0 spiro atoms. The molecular weight excluding hydrogens is 455 g/mol. The van der Waals surface area contributed by atoms with Gasteiger partial charge in [-0.3, -0.25) is 14.0 Å². The van der Waals surface area contributed by atoms with Gasteiger partial charge in [-0.2, -0.15) is 0 Å². The van der Waals surface area contributed by atoms with Crippen LogP contribution >= 0.6 is 11.5 Å². The minimum atomic E-state index is -0.466. The number of ether oxygens (including phenoxy) is 1. The van der Waals surface area contributed by atoms with Gasteiger partial charge in [0.25, 0.3) is 5.56 Å². The summed E-state index contributed by atoms with van der Waals surface area (Å²) in [6.07, 6.45) is 7.99. The highest BCUT2D eigenvalue weighted by molar-refractivity contribution is 7.12. The molecule has 1 aliphatic heterocycles. The zero-order chi connectivity index (χ0) is 23.6. The molecule has 0 radical (unpaired) electrons. The van der Waals surface area contributed by atoms with E-state index in [4.69, 9.17) is 4.74 Å². The lowest BCUT2D eigenvalue weighted by atomic mass is 9.99. The fourth-order valence-electron chi connectivity index (χ4n) is 6.09. The molecule has 2 aliphatic carbocycles. The Balaban J connectivity index is 1.44. The van der Waals surface area contributed by atoms with E-state index in [-0.39, 0.29) is 16.8 Å². The summed E-state index contributed by atoms with van der Waals surface area (Å²) < 4.78 is 26.2. The number of hydrogen-bond acceptors (Lipinski definition) is 6. The van der Waals surface area contributed by atoms with Crippen molar-refractivity contribution in [3.63, 3.8) is 0 Å². The van der Waals surface area contributed by atoms with E-state index < -0.39 is 16.8 Å². The lowest BCUT2D eigenvalue weighted by molar-refractivity contribution is 0.356. The van der Waals surface area contributed by atoms with Gasteiger partial charge in [-0.15, -0.1) is 0 Å². The van der Waals surface area contributed by atoms with Crippen LogP contribution in [0.2, 0.25) is 0 Å². The Morgan fingerprint density at radius 3 is 2.68 bits per heavy atom. The molecular formula is C25H31FN4O3S. The molecule has 1 saturated heterocycles. The Hall–Kier alpha value is -2.39. The number of H-pyrrole nitrogens is 1. The molecule has 3 aromatic rings. The number of nitrogens with one attached hydrogen (secondary N) is 2. The van der Waals surface area contributed by atoms with Crippen LogP contribution in [0.3, 0.4) is 0 Å². The van der Waals surface area contributed by atoms with Gasteiger partial charge >= 0.3 is 0 Å². The molecule has 2 atom stereocenters. The molecule has 7 nitrogen and oxygen atoms in total. The van der Waals surface area contributed by atoms with Crippen LogP contribution in [-0.4, -0.2) is 41.2 Å². The molecule has 1 unspecified atom stereocenters. The monoisotopic (exact) mass is 486 g/mol. The van der Waals surface area contributed by atoms with Gasteiger partial charge in [-0.25, -0.2) is 4.39 Å². The van der Waals surface area contributed by atoms with Crippen molar-refractivity contribution in [2.75, 3.05) is 25.1 Å². The maximum Gasteiger partial charge on any atom is 0.271 e. The Kier molecular flexibility index (Phi) is 5.44. The molecule has 0 amide bonds. The molecule has 3 fully saturated rings. The van der Waals surface area contributed by atoms with Gasteiger partial charge in [0.15, 0.2) is 11.6 Å². The number of pyridine rings is 1. The first-order valence-electron chi connectivity index (χ1n) is 12.4. The number of benzene rings is 1. The Labute approximate surface area is 201 Å². The van der Waals surface area contributed by atoms with Crippen molar-refractivity contribution in [1.82, 2.24) is 14.3 Å². The van der Waals surface area contributed by atoms with Crippen LogP contribution in [0.4, 0.5) is 10.1 Å². The zero-order valence-electron chi connectivity index (χ0n) is 19.7. The largest absolute Gasteiger partial charge is 0.492 e. The van der Waals surface area contributed by atoms with E-state index in [9.17, 15) is 9.59 Å². The summed E-state index contributed by atoms with van der Waals surface area (Å²) >= 11 is 1.17. The minimum absolute atomic E-state index is 0.117. The maximum atomic E-state index is 15.7. The van der Waals surface area contributed by atoms with Gasteiger partial charge < -0.3 is 19.5 Å². The molecule has 2 N–H and O–H groups in total. The smallest absolute Gasteiger partial charge is 0.271 e. The van der Waals surface area contributed by atoms with Crippen molar-refractivity contribution in [2.45, 2.75) is 70.0 Å². The molecule has 3 aliphatic rings. The van der Waals surface area contributed by atoms with Gasteiger partial charge in [0.05, 0.1) is 18.0 Å². The van der Waals surface area contributed by atoms with Crippen LogP contribution in [0.1, 0.15) is 57.9 Å². The van der Waals surface area contributed by atoms with Crippen molar-refractivity contribution in [3.05, 3.63) is 32.5 Å². The summed E-state index contributed by atoms with van der Waals surface area (Å²) in [5, 5.41) is 4.13. The number of fused-ring (bicyclic) bond motifs is 2. The van der Waals surface area contributed by atoms with Crippen LogP contribution in [0, 0.1) is 11.7 Å². The third kappa shape index (κ3) is 3.47. The number of aromatic nitrogens is 2. The fourth-order valence-corrected chi connectivity index (χ4v) is 7.00. The Morgan fingerprint density at radius 1 is 1.21 bits per heavy atom. The second-order valence-electron chi connectivity index (χ2n) is 10.2. The lowest BCUT2D eigenvalue weighted by Gasteiger charge is -2.27. The highest BCUT2D eigenvalue weighted by Crippen LogP contribution is 2.46. The molecule has 0 bridgehead atoms. The average molecular weight is 487 g/mol. The van der Waals surface area contributed by atoms with Crippen molar-refractivity contribution < 1.29 is 9.13 Å². The lowest BCUT2D eigenvalue weighted by Crippen LogP contribution is -2.40. The molecule has 182 valence electrons. The molecule has 6 rings (SSSR count). The fraction of sp³-hybridized carbons (Fsp3) is 0.600. The van der Waals surface area contributed by atoms with Crippen LogP contribution in [-0.2, 0) is 0 Å². The highest BCUT2D eigenvalue weighted by atomic mass is 32.1. The van der Waals surface area contributed by atoms with Crippen LogP contribution in [0.15, 0.2) is 15.7 Å². The summed E-state index contributed by atoms with van der Waals surface area (Å²) in [6, 6.07) is 2.47. The standard InChI is InChI=1S/C25H31FN4O3S/c1-13(27-15-5-3-4-6-15)14-9-10-29(12-14)21-18(26)11-17-20(23(21)33-2)30(16-7-8-16)25-19(22(17)31)24(32)28-34-25/h11,13-16,27H,3-10,12H2,1-2H3,(H,28,32)/t13-,14?/m1/s1. The average Bonchev–Trinajstić information content (AvgIpc) is 3.18. The number of anilines is 1. The number of nitrogens with zero attached hydrogens (tertiary/aromatic N) is 2. The topological polar surface area (TPSA) is 79.4 Å². The van der Waals surface area contributed by atoms with E-state index in [0.717, 1.165) is 32.4 Å². The normalized spacial score (nSPS) is 22.3. The predicted molar refractivity (Wildman–Crippen MR) is 134 cm³/mol. The zero-order valence-corrected chi connectivity index (χ0v) is 20.5. The number of rotatable bonds is 6. The minimum Gasteiger partial charge on any atom is -0.492 e. The predicted octanol–water partition coefficient (Wildman–Crippen LogP) is 4.13. The van der Waals surface area contributed by atoms with E-state index in [1.165, 1.54) is 43.3 Å². The SMILES string of the molecule is COc1c(N2CCC([C@@H](C)NC3CCCC3)C2)c(F)cc2c(=O)c3c(=O)[nH]sc3n(C3CC3)c12. The summed E-state index contributed by atoms with van der Waals surface area (Å²) in [6.45, 7) is 3.73. The van der Waals surface area contributed by atoms with Gasteiger partial charge in [0.2, 0.25) is 5.43 Å². The van der Waals surface area contributed by atoms with Gasteiger partial charge in [0, 0.05) is 31.2 Å². The van der Waals surface area contributed by atoms with Crippen molar-refractivity contribution in [2.24, 2.45) is 5.92 Å². The second-order valence-corrected chi connectivity index (χ2v) is 11.0. The first-order chi connectivity index (χ1) is 16.5. The molecule has 9 heteroatoms. The Bertz CT molecular complexity index is 1370. The van der Waals surface area contributed by atoms with Crippen LogP contribution in [0.5, 0.6) is 5.75 Å².